The number of thioether (sulfide) groups is 1. The number of benzene rings is 2. The highest BCUT2D eigenvalue weighted by molar-refractivity contribution is 7.99. The summed E-state index contributed by atoms with van der Waals surface area (Å²) in [5, 5.41) is 12.8. The highest BCUT2D eigenvalue weighted by Crippen LogP contribution is 2.35. The fraction of sp³-hybridized carbons (Fsp3) is 0.0952. The summed E-state index contributed by atoms with van der Waals surface area (Å²) in [6, 6.07) is 17.6. The van der Waals surface area contributed by atoms with Gasteiger partial charge >= 0.3 is 0 Å². The Hall–Kier alpha value is -3.92. The van der Waals surface area contributed by atoms with E-state index in [0.29, 0.717) is 22.9 Å². The van der Waals surface area contributed by atoms with Gasteiger partial charge in [0.15, 0.2) is 0 Å². The van der Waals surface area contributed by atoms with Gasteiger partial charge in [-0.05, 0) is 25.1 Å². The zero-order chi connectivity index (χ0) is 21.2. The van der Waals surface area contributed by atoms with E-state index in [4.69, 9.17) is 10.2 Å². The number of hydrogen-bond acceptors (Lipinski definition) is 9. The summed E-state index contributed by atoms with van der Waals surface area (Å²) in [5.74, 6) is 1.49. The first-order chi connectivity index (χ1) is 15.2. The smallest absolute Gasteiger partial charge is 0.277 e. The van der Waals surface area contributed by atoms with Gasteiger partial charge in [-0.3, -0.25) is 0 Å². The molecule has 1 atom stereocenters. The highest BCUT2D eigenvalue weighted by Gasteiger charge is 2.19. The van der Waals surface area contributed by atoms with Crippen molar-refractivity contribution in [3.63, 3.8) is 0 Å². The molecule has 31 heavy (non-hydrogen) atoms. The van der Waals surface area contributed by atoms with Crippen LogP contribution in [0.3, 0.4) is 0 Å². The number of nitrogens with two attached hydrogens (primary N) is 1. The second kappa shape index (κ2) is 8.07. The largest absolute Gasteiger partial charge is 0.411 e. The van der Waals surface area contributed by atoms with Crippen molar-refractivity contribution in [2.75, 3.05) is 11.1 Å². The Morgan fingerprint density at radius 1 is 1.00 bits per heavy atom. The topological polar surface area (TPSA) is 131 Å². The number of rotatable bonds is 6. The second-order valence-corrected chi connectivity index (χ2v) is 8.04. The van der Waals surface area contributed by atoms with E-state index in [1.807, 2.05) is 67.7 Å². The van der Waals surface area contributed by atoms with Crippen molar-refractivity contribution < 1.29 is 4.42 Å². The molecule has 3 heterocycles. The van der Waals surface area contributed by atoms with Crippen molar-refractivity contribution in [1.82, 2.24) is 30.1 Å². The van der Waals surface area contributed by atoms with Gasteiger partial charge < -0.3 is 20.5 Å². The van der Waals surface area contributed by atoms with Gasteiger partial charge in [0.1, 0.15) is 5.82 Å². The normalized spacial score (nSPS) is 12.2. The first-order valence-corrected chi connectivity index (χ1v) is 10.4. The third kappa shape index (κ3) is 4.05. The monoisotopic (exact) mass is 430 g/mol. The van der Waals surface area contributed by atoms with E-state index >= 15 is 0 Å². The summed E-state index contributed by atoms with van der Waals surface area (Å²) in [4.78, 5) is 16.1. The third-order valence-electron chi connectivity index (χ3n) is 4.57. The van der Waals surface area contributed by atoms with Gasteiger partial charge in [-0.2, -0.15) is 15.0 Å². The Kier molecular flexibility index (Phi) is 4.97. The summed E-state index contributed by atoms with van der Waals surface area (Å²) in [5.41, 5.74) is 8.63. The highest BCUT2D eigenvalue weighted by atomic mass is 32.2. The minimum absolute atomic E-state index is 0.140. The number of H-pyrrole nitrogens is 1. The third-order valence-corrected chi connectivity index (χ3v) is 5.50. The summed E-state index contributed by atoms with van der Waals surface area (Å²) in [6.07, 6.45) is 1.87. The predicted octanol–water partition coefficient (Wildman–Crippen LogP) is 4.58. The molecule has 9 nitrogen and oxygen atoms in total. The Morgan fingerprint density at radius 3 is 2.68 bits per heavy atom. The van der Waals surface area contributed by atoms with Crippen molar-refractivity contribution in [2.45, 2.75) is 17.4 Å². The molecule has 0 fully saturated rings. The van der Waals surface area contributed by atoms with Gasteiger partial charge in [0.25, 0.3) is 11.1 Å². The van der Waals surface area contributed by atoms with Crippen LogP contribution in [0.2, 0.25) is 0 Å². The van der Waals surface area contributed by atoms with E-state index in [1.54, 1.807) is 0 Å². The van der Waals surface area contributed by atoms with Crippen LogP contribution in [-0.4, -0.2) is 30.1 Å². The van der Waals surface area contributed by atoms with Crippen molar-refractivity contribution in [2.24, 2.45) is 0 Å². The van der Waals surface area contributed by atoms with Crippen LogP contribution in [0.5, 0.6) is 0 Å². The van der Waals surface area contributed by atoms with Crippen LogP contribution < -0.4 is 11.1 Å². The molecule has 154 valence electrons. The Morgan fingerprint density at radius 2 is 1.81 bits per heavy atom. The van der Waals surface area contributed by atoms with E-state index in [-0.39, 0.29) is 11.2 Å². The number of nitrogen functional groups attached to an aromatic ring is 1. The minimum Gasteiger partial charge on any atom is -0.411 e. The minimum atomic E-state index is -0.183. The number of aromatic nitrogens is 6. The van der Waals surface area contributed by atoms with Crippen molar-refractivity contribution >= 4 is 40.2 Å². The van der Waals surface area contributed by atoms with Gasteiger partial charge in [0.2, 0.25) is 11.9 Å². The quantitative estimate of drug-likeness (QED) is 0.331. The molecule has 0 saturated carbocycles. The molecule has 5 aromatic rings. The van der Waals surface area contributed by atoms with Crippen LogP contribution in [0.1, 0.15) is 18.0 Å². The average molecular weight is 430 g/mol. The molecule has 4 N–H and O–H groups in total. The molecule has 3 aromatic heterocycles. The number of aromatic amines is 1. The number of anilines is 3. The maximum absolute atomic E-state index is 5.90. The van der Waals surface area contributed by atoms with Crippen molar-refractivity contribution in [3.05, 3.63) is 66.6 Å². The first-order valence-electron chi connectivity index (χ1n) is 9.56. The number of nitrogens with zero attached hydrogens (tertiary/aromatic N) is 5. The Balaban J connectivity index is 1.35. The van der Waals surface area contributed by atoms with Gasteiger partial charge in [0.05, 0.1) is 10.8 Å². The molecule has 0 aliphatic carbocycles. The molecule has 0 amide bonds. The molecule has 0 bridgehead atoms. The van der Waals surface area contributed by atoms with Crippen molar-refractivity contribution in [3.8, 4) is 11.5 Å². The lowest BCUT2D eigenvalue weighted by atomic mass is 10.2. The summed E-state index contributed by atoms with van der Waals surface area (Å²) >= 11 is 1.36. The maximum atomic E-state index is 5.90. The molecule has 0 radical (unpaired) electrons. The molecule has 0 spiro atoms. The van der Waals surface area contributed by atoms with Crippen LogP contribution in [0, 0.1) is 0 Å². The summed E-state index contributed by atoms with van der Waals surface area (Å²) < 4.78 is 5.89. The predicted molar refractivity (Wildman–Crippen MR) is 120 cm³/mol. The molecule has 0 aliphatic rings. The number of fused-ring (bicyclic) bond motifs is 1. The molecule has 0 saturated heterocycles. The van der Waals surface area contributed by atoms with Gasteiger partial charge in [0, 0.05) is 22.8 Å². The molecular weight excluding hydrogens is 412 g/mol. The molecular formula is C21H18N8OS. The number of nitrogens with one attached hydrogen (secondary N) is 2. The maximum Gasteiger partial charge on any atom is 0.277 e. The van der Waals surface area contributed by atoms with Crippen LogP contribution in [0.4, 0.5) is 17.6 Å². The molecule has 5 rings (SSSR count). The van der Waals surface area contributed by atoms with Gasteiger partial charge in [-0.1, -0.05) is 48.2 Å². The van der Waals surface area contributed by atoms with E-state index in [2.05, 4.69) is 35.5 Å². The SMILES string of the molecule is CC(Sc1nnc(-c2c[nH]c3ccccc23)o1)c1nc(N)nc(Nc2ccccc2)n1. The van der Waals surface area contributed by atoms with E-state index < -0.39 is 0 Å². The standard InChI is InChI=1S/C21H18N8OS/c1-12(17-25-19(22)27-20(26-17)24-13-7-3-2-4-8-13)31-21-29-28-18(30-21)15-11-23-16-10-6-5-9-14(15)16/h2-12,23H,1H3,(H3,22,24,25,26,27). The fourth-order valence-electron chi connectivity index (χ4n) is 3.12. The van der Waals surface area contributed by atoms with E-state index in [0.717, 1.165) is 22.2 Å². The molecule has 0 aliphatic heterocycles. The van der Waals surface area contributed by atoms with E-state index in [1.165, 1.54) is 11.8 Å². The fourth-order valence-corrected chi connectivity index (χ4v) is 3.84. The first kappa shape index (κ1) is 19.1. The molecule has 1 unspecified atom stereocenters. The van der Waals surface area contributed by atoms with Crippen LogP contribution in [0.25, 0.3) is 22.4 Å². The lowest BCUT2D eigenvalue weighted by molar-refractivity contribution is 0.465. The Bertz CT molecular complexity index is 1330. The molecule has 10 heteroatoms. The zero-order valence-corrected chi connectivity index (χ0v) is 17.3. The summed E-state index contributed by atoms with van der Waals surface area (Å²) in [6.45, 7) is 1.95. The average Bonchev–Trinajstić information content (AvgIpc) is 3.41. The van der Waals surface area contributed by atoms with E-state index in [9.17, 15) is 0 Å². The summed E-state index contributed by atoms with van der Waals surface area (Å²) in [7, 11) is 0. The van der Waals surface area contributed by atoms with Crippen LogP contribution in [0.15, 0.2) is 70.4 Å². The zero-order valence-electron chi connectivity index (χ0n) is 16.5. The number of para-hydroxylation sites is 2. The van der Waals surface area contributed by atoms with Gasteiger partial charge in [-0.15, -0.1) is 10.2 Å². The Labute approximate surface area is 181 Å². The van der Waals surface area contributed by atoms with Crippen LogP contribution >= 0.6 is 11.8 Å². The molecule has 2 aromatic carbocycles. The lowest BCUT2D eigenvalue weighted by Gasteiger charge is -2.10. The second-order valence-electron chi connectivity index (χ2n) is 6.75. The number of hydrogen-bond donors (Lipinski definition) is 3. The van der Waals surface area contributed by atoms with Crippen LogP contribution in [-0.2, 0) is 0 Å². The van der Waals surface area contributed by atoms with Crippen molar-refractivity contribution in [1.29, 1.82) is 0 Å². The lowest BCUT2D eigenvalue weighted by Crippen LogP contribution is -2.08. The van der Waals surface area contributed by atoms with Gasteiger partial charge in [-0.25, -0.2) is 0 Å².